The van der Waals surface area contributed by atoms with Gasteiger partial charge in [0.25, 0.3) is 5.91 Å². The fourth-order valence-electron chi connectivity index (χ4n) is 1.59. The quantitative estimate of drug-likeness (QED) is 0.884. The molecule has 5 heteroatoms. The molecule has 1 heterocycles. The number of nitrogens with one attached hydrogen (secondary N) is 1. The van der Waals surface area contributed by atoms with Crippen molar-refractivity contribution in [1.82, 2.24) is 9.97 Å². The molecular weight excluding hydrogens is 233 g/mol. The number of anilines is 1. The third-order valence-electron chi connectivity index (χ3n) is 2.31. The molecular formula is C13H12FN3O. The van der Waals surface area contributed by atoms with Crippen molar-refractivity contribution in [3.05, 3.63) is 53.4 Å². The highest BCUT2D eigenvalue weighted by atomic mass is 19.1. The lowest BCUT2D eigenvalue weighted by Crippen LogP contribution is -2.14. The molecule has 0 aliphatic rings. The van der Waals surface area contributed by atoms with Crippen molar-refractivity contribution in [2.45, 2.75) is 13.8 Å². The Bertz CT molecular complexity index is 578. The van der Waals surface area contributed by atoms with Crippen LogP contribution in [0, 0.1) is 19.7 Å². The highest BCUT2D eigenvalue weighted by Crippen LogP contribution is 2.14. The van der Waals surface area contributed by atoms with Gasteiger partial charge in [0.15, 0.2) is 0 Å². The van der Waals surface area contributed by atoms with E-state index in [1.807, 2.05) is 0 Å². The van der Waals surface area contributed by atoms with E-state index >= 15 is 0 Å². The highest BCUT2D eigenvalue weighted by molar-refractivity contribution is 6.02. The van der Waals surface area contributed by atoms with E-state index in [1.165, 1.54) is 24.4 Å². The molecule has 0 unspecified atom stereocenters. The van der Waals surface area contributed by atoms with Crippen LogP contribution in [0.3, 0.4) is 0 Å². The number of aryl methyl sites for hydroxylation is 2. The van der Waals surface area contributed by atoms with E-state index in [9.17, 15) is 9.18 Å². The first-order valence-corrected chi connectivity index (χ1v) is 5.43. The number of halogens is 1. The van der Waals surface area contributed by atoms with Crippen molar-refractivity contribution in [3.8, 4) is 0 Å². The van der Waals surface area contributed by atoms with Gasteiger partial charge in [-0.15, -0.1) is 0 Å². The number of nitrogens with zero attached hydrogens (tertiary/aromatic N) is 2. The predicted molar refractivity (Wildman–Crippen MR) is 65.9 cm³/mol. The van der Waals surface area contributed by atoms with Gasteiger partial charge in [-0.25, -0.2) is 14.4 Å². The third-order valence-corrected chi connectivity index (χ3v) is 2.31. The number of carbonyl (C=O) groups is 1. The molecule has 0 fully saturated rings. The molecule has 1 N–H and O–H groups in total. The molecule has 0 bridgehead atoms. The number of carbonyl (C=O) groups excluding carboxylic acids is 1. The molecule has 2 aromatic rings. The lowest BCUT2D eigenvalue weighted by Gasteiger charge is -2.06. The van der Waals surface area contributed by atoms with Crippen LogP contribution in [0.5, 0.6) is 0 Å². The SMILES string of the molecule is Cc1cc(F)cc(NC(=O)c2ccnc(C)n2)c1. The summed E-state index contributed by atoms with van der Waals surface area (Å²) < 4.78 is 13.2. The minimum atomic E-state index is -0.385. The average Bonchev–Trinajstić information content (AvgIpc) is 2.27. The zero-order chi connectivity index (χ0) is 13.1. The van der Waals surface area contributed by atoms with Crippen LogP contribution in [0.1, 0.15) is 21.9 Å². The second kappa shape index (κ2) is 4.91. The summed E-state index contributed by atoms with van der Waals surface area (Å²) in [6.45, 7) is 3.46. The van der Waals surface area contributed by atoms with Gasteiger partial charge < -0.3 is 5.32 Å². The van der Waals surface area contributed by atoms with E-state index in [0.717, 1.165) is 5.56 Å². The maximum atomic E-state index is 13.2. The maximum Gasteiger partial charge on any atom is 0.274 e. The monoisotopic (exact) mass is 245 g/mol. The number of hydrogen-bond acceptors (Lipinski definition) is 3. The van der Waals surface area contributed by atoms with E-state index < -0.39 is 0 Å². The second-order valence-corrected chi connectivity index (χ2v) is 3.96. The molecule has 1 amide bonds. The van der Waals surface area contributed by atoms with Gasteiger partial charge in [0.2, 0.25) is 0 Å². The first-order chi connectivity index (χ1) is 8.54. The number of benzene rings is 1. The molecule has 0 saturated carbocycles. The smallest absolute Gasteiger partial charge is 0.274 e. The van der Waals surface area contributed by atoms with Crippen molar-refractivity contribution < 1.29 is 9.18 Å². The van der Waals surface area contributed by atoms with Gasteiger partial charge in [0, 0.05) is 11.9 Å². The van der Waals surface area contributed by atoms with Crippen LogP contribution in [0.4, 0.5) is 10.1 Å². The molecule has 92 valence electrons. The fourth-order valence-corrected chi connectivity index (χ4v) is 1.59. The summed E-state index contributed by atoms with van der Waals surface area (Å²) in [5.41, 5.74) is 1.40. The van der Waals surface area contributed by atoms with Crippen LogP contribution in [-0.4, -0.2) is 15.9 Å². The lowest BCUT2D eigenvalue weighted by molar-refractivity contribution is 0.102. The Balaban J connectivity index is 2.21. The van der Waals surface area contributed by atoms with Crippen LogP contribution in [0.15, 0.2) is 30.5 Å². The number of hydrogen-bond donors (Lipinski definition) is 1. The van der Waals surface area contributed by atoms with Crippen molar-refractivity contribution in [1.29, 1.82) is 0 Å². The molecule has 4 nitrogen and oxygen atoms in total. The van der Waals surface area contributed by atoms with Crippen LogP contribution >= 0.6 is 0 Å². The topological polar surface area (TPSA) is 54.9 Å². The summed E-state index contributed by atoms with van der Waals surface area (Å²) >= 11 is 0. The summed E-state index contributed by atoms with van der Waals surface area (Å²) in [4.78, 5) is 19.8. The van der Waals surface area contributed by atoms with E-state index in [1.54, 1.807) is 19.9 Å². The summed E-state index contributed by atoms with van der Waals surface area (Å²) in [5.74, 6) is -0.257. The van der Waals surface area contributed by atoms with Gasteiger partial charge in [0.1, 0.15) is 17.3 Å². The van der Waals surface area contributed by atoms with Crippen LogP contribution in [-0.2, 0) is 0 Å². The molecule has 0 aliphatic heterocycles. The van der Waals surface area contributed by atoms with Crippen molar-refractivity contribution in [2.75, 3.05) is 5.32 Å². The van der Waals surface area contributed by atoms with Gasteiger partial charge in [-0.3, -0.25) is 4.79 Å². The zero-order valence-electron chi connectivity index (χ0n) is 10.1. The third kappa shape index (κ3) is 2.88. The zero-order valence-corrected chi connectivity index (χ0v) is 10.1. The van der Waals surface area contributed by atoms with Crippen molar-refractivity contribution in [2.24, 2.45) is 0 Å². The van der Waals surface area contributed by atoms with E-state index in [-0.39, 0.29) is 17.4 Å². The average molecular weight is 245 g/mol. The van der Waals surface area contributed by atoms with Gasteiger partial charge in [-0.05, 0) is 43.7 Å². The molecule has 0 saturated heterocycles. The molecule has 0 atom stereocenters. The Kier molecular flexibility index (Phi) is 3.32. The van der Waals surface area contributed by atoms with Gasteiger partial charge >= 0.3 is 0 Å². The van der Waals surface area contributed by atoms with Crippen LogP contribution in [0.25, 0.3) is 0 Å². The van der Waals surface area contributed by atoms with Gasteiger partial charge in [0.05, 0.1) is 0 Å². The molecule has 18 heavy (non-hydrogen) atoms. The number of rotatable bonds is 2. The predicted octanol–water partition coefficient (Wildman–Crippen LogP) is 2.48. The Morgan fingerprint density at radius 1 is 1.28 bits per heavy atom. The van der Waals surface area contributed by atoms with Crippen molar-refractivity contribution in [3.63, 3.8) is 0 Å². The Morgan fingerprint density at radius 2 is 2.06 bits per heavy atom. The molecule has 0 aliphatic carbocycles. The molecule has 0 radical (unpaired) electrons. The van der Waals surface area contributed by atoms with Gasteiger partial charge in [-0.1, -0.05) is 0 Å². The van der Waals surface area contributed by atoms with E-state index in [4.69, 9.17) is 0 Å². The molecule has 1 aromatic carbocycles. The minimum Gasteiger partial charge on any atom is -0.321 e. The normalized spacial score (nSPS) is 10.2. The molecule has 2 rings (SSSR count). The van der Waals surface area contributed by atoms with Crippen LogP contribution < -0.4 is 5.32 Å². The Labute approximate surface area is 104 Å². The standard InChI is InChI=1S/C13H12FN3O/c1-8-5-10(14)7-11(6-8)17-13(18)12-3-4-15-9(2)16-12/h3-7H,1-2H3,(H,17,18). The Morgan fingerprint density at radius 3 is 2.72 bits per heavy atom. The number of aromatic nitrogens is 2. The summed E-state index contributed by atoms with van der Waals surface area (Å²) in [5, 5.41) is 2.60. The first kappa shape index (κ1) is 12.2. The second-order valence-electron chi connectivity index (χ2n) is 3.96. The van der Waals surface area contributed by atoms with E-state index in [2.05, 4.69) is 15.3 Å². The largest absolute Gasteiger partial charge is 0.321 e. The maximum absolute atomic E-state index is 13.2. The van der Waals surface area contributed by atoms with Crippen molar-refractivity contribution >= 4 is 11.6 Å². The summed E-state index contributed by atoms with van der Waals surface area (Å²) in [7, 11) is 0. The molecule has 0 spiro atoms. The minimum absolute atomic E-state index is 0.254. The lowest BCUT2D eigenvalue weighted by atomic mass is 10.2. The number of amides is 1. The molecule has 1 aromatic heterocycles. The fraction of sp³-hybridized carbons (Fsp3) is 0.154. The Hall–Kier alpha value is -2.30. The summed E-state index contributed by atoms with van der Waals surface area (Å²) in [6, 6.07) is 5.85. The van der Waals surface area contributed by atoms with Crippen LogP contribution in [0.2, 0.25) is 0 Å². The summed E-state index contributed by atoms with van der Waals surface area (Å²) in [6.07, 6.45) is 1.51. The highest BCUT2D eigenvalue weighted by Gasteiger charge is 2.08. The first-order valence-electron chi connectivity index (χ1n) is 5.43. The van der Waals surface area contributed by atoms with E-state index in [0.29, 0.717) is 11.5 Å². The van der Waals surface area contributed by atoms with Gasteiger partial charge in [-0.2, -0.15) is 0 Å².